The Bertz CT molecular complexity index is 11.6. The van der Waals surface area contributed by atoms with E-state index >= 15 is 0 Å². The summed E-state index contributed by atoms with van der Waals surface area (Å²) in [5, 5.41) is 0. The van der Waals surface area contributed by atoms with Crippen molar-refractivity contribution in [2.24, 2.45) is 0 Å². The summed E-state index contributed by atoms with van der Waals surface area (Å²) >= 11 is 0. The SMILES string of the molecule is [Nb].[Pd].[SiH4].[W].[Zr]. The maximum absolute atomic E-state index is 0. The van der Waals surface area contributed by atoms with Gasteiger partial charge in [-0.2, -0.15) is 0 Å². The Balaban J connectivity index is 0. The second kappa shape index (κ2) is 27.1. The van der Waals surface area contributed by atoms with Gasteiger partial charge in [0.25, 0.3) is 0 Å². The van der Waals surface area contributed by atoms with Gasteiger partial charge in [-0.05, 0) is 11.0 Å². The molecule has 0 fully saturated rings. The van der Waals surface area contributed by atoms with Gasteiger partial charge in [-0.25, -0.2) is 0 Å². The van der Waals surface area contributed by atoms with Gasteiger partial charge in [0.2, 0.25) is 0 Å². The molecule has 0 nitrogen and oxygen atoms in total. The van der Waals surface area contributed by atoms with Gasteiger partial charge in [0.15, 0.2) is 0 Å². The van der Waals surface area contributed by atoms with E-state index in [1.807, 2.05) is 0 Å². The van der Waals surface area contributed by atoms with Crippen molar-refractivity contribution < 1.29 is 90.1 Å². The summed E-state index contributed by atoms with van der Waals surface area (Å²) in [4.78, 5) is 0. The molecule has 0 aliphatic heterocycles. The zero-order chi connectivity index (χ0) is 0. The summed E-state index contributed by atoms with van der Waals surface area (Å²) in [5.41, 5.74) is 0. The monoisotopic (exact) mass is 505 g/mol. The normalized spacial score (nSPS) is 0. The molecule has 0 spiro atoms. The molecule has 0 bridgehead atoms. The second-order valence-corrected chi connectivity index (χ2v) is 0. The van der Waals surface area contributed by atoms with Crippen LogP contribution in [0.15, 0.2) is 0 Å². The van der Waals surface area contributed by atoms with Crippen molar-refractivity contribution in [3.8, 4) is 0 Å². The predicted octanol–water partition coefficient (Wildman–Crippen LogP) is -1.46. The summed E-state index contributed by atoms with van der Waals surface area (Å²) in [7, 11) is 0. The Morgan fingerprint density at radius 2 is 1.00 bits per heavy atom. The van der Waals surface area contributed by atoms with Crippen LogP contribution in [0.1, 0.15) is 0 Å². The van der Waals surface area contributed by atoms with E-state index in [9.17, 15) is 0 Å². The molecule has 0 unspecified atom stereocenters. The first-order valence-electron chi connectivity index (χ1n) is 0. The van der Waals surface area contributed by atoms with Crippen LogP contribution in [0.4, 0.5) is 0 Å². The van der Waals surface area contributed by atoms with E-state index in [4.69, 9.17) is 0 Å². The Kier molecular flexibility index (Phi) is 225. The van der Waals surface area contributed by atoms with E-state index in [1.165, 1.54) is 0 Å². The van der Waals surface area contributed by atoms with Crippen molar-refractivity contribution in [2.45, 2.75) is 0 Å². The fourth-order valence-corrected chi connectivity index (χ4v) is 0. The Morgan fingerprint density at radius 1 is 1.00 bits per heavy atom. The third kappa shape index (κ3) is 19.0. The molecule has 0 amide bonds. The van der Waals surface area contributed by atoms with Crippen LogP contribution in [0.3, 0.4) is 0 Å². The molecular weight excluding hydrogens is 502 g/mol. The van der Waals surface area contributed by atoms with E-state index in [1.54, 1.807) is 0 Å². The summed E-state index contributed by atoms with van der Waals surface area (Å²) in [5.74, 6) is 0. The average Bonchev–Trinajstić information content (AvgIpc) is 0. The van der Waals surface area contributed by atoms with E-state index in [0.29, 0.717) is 0 Å². The van der Waals surface area contributed by atoms with Crippen LogP contribution in [0.5, 0.6) is 0 Å². The van der Waals surface area contributed by atoms with Crippen LogP contribution in [0.25, 0.3) is 0 Å². The maximum Gasteiger partial charge on any atom is 0 e. The zero-order valence-corrected chi connectivity index (χ0v) is 10.8. The first kappa shape index (κ1) is 41.6. The number of hydrogen-bond donors (Lipinski definition) is 0. The van der Waals surface area contributed by atoms with Crippen LogP contribution in [0.2, 0.25) is 0 Å². The predicted molar refractivity (Wildman–Crippen MR) is 11.3 cm³/mol. The number of rotatable bonds is 0. The van der Waals surface area contributed by atoms with Crippen molar-refractivity contribution in [1.82, 2.24) is 0 Å². The molecular formula is H4NbPdSiWZr. The van der Waals surface area contributed by atoms with Gasteiger partial charge in [-0.15, -0.1) is 0 Å². The summed E-state index contributed by atoms with van der Waals surface area (Å²) in [6.45, 7) is 0. The van der Waals surface area contributed by atoms with Crippen molar-refractivity contribution in [3.63, 3.8) is 0 Å². The minimum absolute atomic E-state index is 0. The summed E-state index contributed by atoms with van der Waals surface area (Å²) in [6, 6.07) is 0. The number of hydrogen-bond acceptors (Lipinski definition) is 0. The molecule has 0 saturated heterocycles. The molecule has 0 aliphatic rings. The third-order valence-corrected chi connectivity index (χ3v) is 0. The van der Waals surface area contributed by atoms with Gasteiger partial charge in [-0.1, -0.05) is 0 Å². The van der Waals surface area contributed by atoms with Crippen molar-refractivity contribution >= 4 is 11.0 Å². The second-order valence-electron chi connectivity index (χ2n) is 0. The molecule has 0 aromatic heterocycles. The molecule has 5 heteroatoms. The Hall–Kier alpha value is 3.19. The zero-order valence-electron chi connectivity index (χ0n) is 1.67. The molecule has 0 saturated carbocycles. The first-order valence-corrected chi connectivity index (χ1v) is 0. The van der Waals surface area contributed by atoms with Gasteiger partial charge >= 0.3 is 0 Å². The van der Waals surface area contributed by atoms with Crippen LogP contribution < -0.4 is 0 Å². The molecule has 0 heterocycles. The van der Waals surface area contributed by atoms with Crippen LogP contribution in [-0.4, -0.2) is 11.0 Å². The first-order chi connectivity index (χ1) is 0. The smallest absolute Gasteiger partial charge is 0 e. The molecule has 33 valence electrons. The Morgan fingerprint density at radius 3 is 1.00 bits per heavy atom. The summed E-state index contributed by atoms with van der Waals surface area (Å²) < 4.78 is 0. The molecule has 1 radical (unpaired) electrons. The van der Waals surface area contributed by atoms with Crippen molar-refractivity contribution in [3.05, 3.63) is 0 Å². The molecule has 0 aromatic carbocycles. The minimum Gasteiger partial charge on any atom is -0.0149 e. The topological polar surface area (TPSA) is 0 Å². The quantitative estimate of drug-likeness (QED) is 0.353. The van der Waals surface area contributed by atoms with E-state index in [2.05, 4.69) is 0 Å². The van der Waals surface area contributed by atoms with E-state index < -0.39 is 0 Å². The van der Waals surface area contributed by atoms with Gasteiger partial charge in [-0.3, -0.25) is 0 Å². The van der Waals surface area contributed by atoms with Gasteiger partial charge in [0.1, 0.15) is 0 Å². The Labute approximate surface area is 99.2 Å². The van der Waals surface area contributed by atoms with Crippen molar-refractivity contribution in [2.75, 3.05) is 0 Å². The molecule has 0 aliphatic carbocycles. The van der Waals surface area contributed by atoms with E-state index in [0.717, 1.165) is 0 Å². The van der Waals surface area contributed by atoms with E-state index in [-0.39, 0.29) is 101 Å². The van der Waals surface area contributed by atoms with Crippen molar-refractivity contribution in [1.29, 1.82) is 0 Å². The molecule has 0 atom stereocenters. The van der Waals surface area contributed by atoms with Gasteiger partial charge in [0, 0.05) is 90.1 Å². The third-order valence-electron chi connectivity index (χ3n) is 0. The van der Waals surface area contributed by atoms with Gasteiger partial charge in [0.05, 0.1) is 0 Å². The fourth-order valence-electron chi connectivity index (χ4n) is 0. The standard InChI is InChI=1S/Nb.Pd.H4Si.W.Zr/h;;1H4;;. The largest absolute Gasteiger partial charge is 0.0149 e. The minimum atomic E-state index is 0. The fraction of sp³-hybridized carbons (Fsp3) is 0. The molecule has 0 N–H and O–H groups in total. The molecule has 5 heavy (non-hydrogen) atoms. The molecule has 0 aromatic rings. The van der Waals surface area contributed by atoms with Crippen LogP contribution in [-0.2, 0) is 90.1 Å². The molecule has 0 rings (SSSR count). The average molecular weight is 507 g/mol. The van der Waals surface area contributed by atoms with Gasteiger partial charge < -0.3 is 0 Å². The van der Waals surface area contributed by atoms with Crippen LogP contribution >= 0.6 is 0 Å². The van der Waals surface area contributed by atoms with Crippen LogP contribution in [0, 0.1) is 0 Å². The summed E-state index contributed by atoms with van der Waals surface area (Å²) in [6.07, 6.45) is 0. The maximum atomic E-state index is 0.